The van der Waals surface area contributed by atoms with Crippen molar-refractivity contribution in [2.75, 3.05) is 24.5 Å². The number of carboxylic acids is 1. The van der Waals surface area contributed by atoms with E-state index in [9.17, 15) is 14.7 Å². The Balaban J connectivity index is 2.11. The average Bonchev–Trinajstić information content (AvgIpc) is 2.93. The minimum atomic E-state index is -1.27. The molecule has 7 nitrogen and oxygen atoms in total. The van der Waals surface area contributed by atoms with Gasteiger partial charge in [-0.2, -0.15) is 5.10 Å². The quantitative estimate of drug-likeness (QED) is 0.364. The van der Waals surface area contributed by atoms with Gasteiger partial charge in [0.15, 0.2) is 5.17 Å². The SMILES string of the molecule is C=CCN1C(=O)[C@H](CC(=O)[O-])S/C1=N\N=C/c1ccc(N(CC)CC)cc1. The molecule has 0 N–H and O–H groups in total. The summed E-state index contributed by atoms with van der Waals surface area (Å²) in [6.45, 7) is 9.96. The summed E-state index contributed by atoms with van der Waals surface area (Å²) in [5.41, 5.74) is 2.02. The summed E-state index contributed by atoms with van der Waals surface area (Å²) in [5.74, 6) is -1.58. The molecule has 0 unspecified atom stereocenters. The van der Waals surface area contributed by atoms with Gasteiger partial charge in [-0.15, -0.1) is 11.7 Å². The van der Waals surface area contributed by atoms with Gasteiger partial charge in [-0.05, 0) is 31.5 Å². The summed E-state index contributed by atoms with van der Waals surface area (Å²) in [6, 6.07) is 7.94. The van der Waals surface area contributed by atoms with E-state index in [2.05, 4.69) is 35.5 Å². The van der Waals surface area contributed by atoms with E-state index in [4.69, 9.17) is 0 Å². The van der Waals surface area contributed by atoms with Gasteiger partial charge in [0.1, 0.15) is 0 Å². The third-order valence-corrected chi connectivity index (χ3v) is 5.22. The van der Waals surface area contributed by atoms with Crippen LogP contribution in [-0.2, 0) is 9.59 Å². The molecule has 1 aliphatic heterocycles. The van der Waals surface area contributed by atoms with E-state index >= 15 is 0 Å². The van der Waals surface area contributed by atoms with E-state index in [-0.39, 0.29) is 18.9 Å². The number of aliphatic carboxylic acids is 1. The van der Waals surface area contributed by atoms with Crippen molar-refractivity contribution in [3.8, 4) is 0 Å². The zero-order valence-corrected chi connectivity index (χ0v) is 16.3. The number of anilines is 1. The fraction of sp³-hybridized carbons (Fsp3) is 0.368. The minimum absolute atomic E-state index is 0.252. The van der Waals surface area contributed by atoms with Crippen molar-refractivity contribution in [2.24, 2.45) is 10.2 Å². The highest BCUT2D eigenvalue weighted by Crippen LogP contribution is 2.29. The molecule has 1 aromatic carbocycles. The first-order valence-electron chi connectivity index (χ1n) is 8.74. The van der Waals surface area contributed by atoms with E-state index in [1.807, 2.05) is 24.3 Å². The lowest BCUT2D eigenvalue weighted by molar-refractivity contribution is -0.305. The molecule has 1 aliphatic rings. The predicted molar refractivity (Wildman–Crippen MR) is 108 cm³/mol. The summed E-state index contributed by atoms with van der Waals surface area (Å²) in [5, 5.41) is 18.6. The van der Waals surface area contributed by atoms with E-state index in [0.717, 1.165) is 36.1 Å². The number of amides is 1. The van der Waals surface area contributed by atoms with Crippen LogP contribution in [0.25, 0.3) is 0 Å². The van der Waals surface area contributed by atoms with Gasteiger partial charge in [-0.25, -0.2) is 0 Å². The van der Waals surface area contributed by atoms with Gasteiger partial charge in [0.05, 0.1) is 11.5 Å². The van der Waals surface area contributed by atoms with Crippen LogP contribution in [0.5, 0.6) is 0 Å². The molecule has 0 radical (unpaired) electrons. The van der Waals surface area contributed by atoms with Crippen LogP contribution in [0.4, 0.5) is 5.69 Å². The van der Waals surface area contributed by atoms with Crippen molar-refractivity contribution in [3.63, 3.8) is 0 Å². The van der Waals surface area contributed by atoms with Crippen molar-refractivity contribution in [1.82, 2.24) is 4.90 Å². The summed E-state index contributed by atoms with van der Waals surface area (Å²) in [6.07, 6.45) is 2.81. The lowest BCUT2D eigenvalue weighted by Gasteiger charge is -2.20. The zero-order chi connectivity index (χ0) is 19.8. The number of thioether (sulfide) groups is 1. The second kappa shape index (κ2) is 9.91. The van der Waals surface area contributed by atoms with Crippen molar-refractivity contribution >= 4 is 40.7 Å². The molecule has 8 heteroatoms. The van der Waals surface area contributed by atoms with Gasteiger partial charge in [0.25, 0.3) is 0 Å². The molecule has 1 heterocycles. The first-order valence-corrected chi connectivity index (χ1v) is 9.62. The monoisotopic (exact) mass is 387 g/mol. The first kappa shape index (κ1) is 20.7. The first-order chi connectivity index (χ1) is 13.0. The molecule has 0 spiro atoms. The van der Waals surface area contributed by atoms with Crippen molar-refractivity contribution in [1.29, 1.82) is 0 Å². The third-order valence-electron chi connectivity index (χ3n) is 4.06. The predicted octanol–water partition coefficient (Wildman–Crippen LogP) is 1.49. The molecule has 0 saturated carbocycles. The summed E-state index contributed by atoms with van der Waals surface area (Å²) < 4.78 is 0. The van der Waals surface area contributed by atoms with Crippen LogP contribution >= 0.6 is 11.8 Å². The zero-order valence-electron chi connectivity index (χ0n) is 15.5. The van der Waals surface area contributed by atoms with Crippen molar-refractivity contribution in [2.45, 2.75) is 25.5 Å². The highest BCUT2D eigenvalue weighted by Gasteiger charge is 2.37. The van der Waals surface area contributed by atoms with Gasteiger partial charge in [0.2, 0.25) is 5.91 Å². The van der Waals surface area contributed by atoms with Gasteiger partial charge in [-0.1, -0.05) is 30.0 Å². The molecule has 1 atom stereocenters. The number of benzene rings is 1. The molecule has 144 valence electrons. The number of hydrogen-bond donors (Lipinski definition) is 0. The maximum Gasteiger partial charge on any atom is 0.242 e. The Bertz CT molecular complexity index is 742. The molecule has 0 bridgehead atoms. The van der Waals surface area contributed by atoms with Crippen LogP contribution in [0, 0.1) is 0 Å². The van der Waals surface area contributed by atoms with E-state index < -0.39 is 11.2 Å². The number of carbonyl (C=O) groups is 2. The topological polar surface area (TPSA) is 88.4 Å². The standard InChI is InChI=1S/C19H24N4O3S/c1-4-11-23-18(26)16(12-17(24)25)27-19(23)21-20-13-14-7-9-15(10-8-14)22(5-2)6-3/h4,7-10,13,16H,1,5-6,11-12H2,2-3H3,(H,24,25)/p-1/b20-13-,21-19-/t16-/m0/s1. The summed E-state index contributed by atoms with van der Waals surface area (Å²) in [4.78, 5) is 26.7. The van der Waals surface area contributed by atoms with Gasteiger partial charge in [0, 0.05) is 37.7 Å². The number of carbonyl (C=O) groups excluding carboxylic acids is 2. The Labute approximate surface area is 163 Å². The average molecular weight is 387 g/mol. The molecule has 1 saturated heterocycles. The molecule has 2 rings (SSSR count). The van der Waals surface area contributed by atoms with Crippen LogP contribution < -0.4 is 10.0 Å². The second-order valence-electron chi connectivity index (χ2n) is 5.81. The van der Waals surface area contributed by atoms with Gasteiger partial charge >= 0.3 is 0 Å². The molecule has 1 fully saturated rings. The second-order valence-corrected chi connectivity index (χ2v) is 6.98. The lowest BCUT2D eigenvalue weighted by Crippen LogP contribution is -2.35. The fourth-order valence-corrected chi connectivity index (χ4v) is 3.76. The molecule has 0 aromatic heterocycles. The van der Waals surface area contributed by atoms with Crippen LogP contribution in [0.1, 0.15) is 25.8 Å². The Morgan fingerprint density at radius 1 is 1.33 bits per heavy atom. The molecule has 1 aromatic rings. The molecular weight excluding hydrogens is 364 g/mol. The normalized spacial score (nSPS) is 18.4. The third kappa shape index (κ3) is 5.43. The number of amidine groups is 1. The Hall–Kier alpha value is -2.61. The Morgan fingerprint density at radius 3 is 2.56 bits per heavy atom. The molecule has 0 aliphatic carbocycles. The van der Waals surface area contributed by atoms with Crippen LogP contribution in [0.15, 0.2) is 47.1 Å². The summed E-state index contributed by atoms with van der Waals surface area (Å²) in [7, 11) is 0. The minimum Gasteiger partial charge on any atom is -0.550 e. The molecular formula is C19H23N4O3S-. The van der Waals surface area contributed by atoms with Crippen molar-refractivity contribution in [3.05, 3.63) is 42.5 Å². The molecule has 1 amide bonds. The van der Waals surface area contributed by atoms with E-state index in [0.29, 0.717) is 5.17 Å². The number of hydrogen-bond acceptors (Lipinski definition) is 7. The van der Waals surface area contributed by atoms with E-state index in [1.54, 1.807) is 12.3 Å². The lowest BCUT2D eigenvalue weighted by atomic mass is 10.2. The van der Waals surface area contributed by atoms with Crippen LogP contribution in [-0.4, -0.2) is 53.0 Å². The highest BCUT2D eigenvalue weighted by atomic mass is 32.2. The maximum absolute atomic E-state index is 12.3. The highest BCUT2D eigenvalue weighted by molar-refractivity contribution is 8.15. The van der Waals surface area contributed by atoms with Crippen LogP contribution in [0.2, 0.25) is 0 Å². The number of carboxylic acid groups (broad SMARTS) is 1. The van der Waals surface area contributed by atoms with Crippen LogP contribution in [0.3, 0.4) is 0 Å². The van der Waals surface area contributed by atoms with Crippen molar-refractivity contribution < 1.29 is 14.7 Å². The maximum atomic E-state index is 12.3. The smallest absolute Gasteiger partial charge is 0.242 e. The number of rotatable bonds is 9. The Morgan fingerprint density at radius 2 is 2.00 bits per heavy atom. The Kier molecular flexibility index (Phi) is 7.60. The largest absolute Gasteiger partial charge is 0.550 e. The fourth-order valence-electron chi connectivity index (χ4n) is 2.67. The summed E-state index contributed by atoms with van der Waals surface area (Å²) >= 11 is 1.08. The number of nitrogens with zero attached hydrogens (tertiary/aromatic N) is 4. The van der Waals surface area contributed by atoms with E-state index in [1.165, 1.54) is 4.90 Å². The van der Waals surface area contributed by atoms with Gasteiger partial charge in [-0.3, -0.25) is 9.69 Å². The van der Waals surface area contributed by atoms with Gasteiger partial charge < -0.3 is 14.8 Å². The molecule has 27 heavy (non-hydrogen) atoms.